The van der Waals surface area contributed by atoms with Crippen molar-refractivity contribution in [3.63, 3.8) is 0 Å². The van der Waals surface area contributed by atoms with Crippen molar-refractivity contribution in [1.29, 1.82) is 0 Å². The molecule has 5 atom stereocenters. The highest BCUT2D eigenvalue weighted by molar-refractivity contribution is 6.03. The molecule has 32 heavy (non-hydrogen) atoms. The maximum atomic E-state index is 13.6. The molecule has 2 unspecified atom stereocenters. The van der Waals surface area contributed by atoms with Gasteiger partial charge in [0.1, 0.15) is 11.6 Å². The Bertz CT molecular complexity index is 918. The number of aliphatic hydroxyl groups is 1. The van der Waals surface area contributed by atoms with Crippen molar-refractivity contribution < 1.29 is 29.0 Å². The zero-order valence-electron chi connectivity index (χ0n) is 18.9. The minimum atomic E-state index is -1.03. The van der Waals surface area contributed by atoms with Gasteiger partial charge in [-0.2, -0.15) is 0 Å². The number of likely N-dealkylation sites (tertiary alicyclic amines) is 1. The van der Waals surface area contributed by atoms with Gasteiger partial charge in [-0.15, -0.1) is 0 Å². The van der Waals surface area contributed by atoms with Crippen molar-refractivity contribution in [2.75, 3.05) is 25.1 Å². The van der Waals surface area contributed by atoms with Crippen molar-refractivity contribution in [2.24, 2.45) is 11.8 Å². The van der Waals surface area contributed by atoms with Gasteiger partial charge in [0, 0.05) is 18.8 Å². The lowest BCUT2D eigenvalue weighted by Crippen LogP contribution is -2.53. The zero-order chi connectivity index (χ0) is 23.0. The van der Waals surface area contributed by atoms with E-state index in [0.717, 1.165) is 11.1 Å². The molecular formula is C24H32N2O6. The zero-order valence-corrected chi connectivity index (χ0v) is 18.9. The Labute approximate surface area is 188 Å². The smallest absolute Gasteiger partial charge is 0.312 e. The number of hydrogen-bond acceptors (Lipinski definition) is 6. The summed E-state index contributed by atoms with van der Waals surface area (Å²) in [4.78, 5) is 41.5. The van der Waals surface area contributed by atoms with Gasteiger partial charge in [-0.1, -0.05) is 12.1 Å². The highest BCUT2D eigenvalue weighted by Gasteiger charge is 2.74. The average Bonchev–Trinajstić information content (AvgIpc) is 3.39. The minimum absolute atomic E-state index is 0.0139. The summed E-state index contributed by atoms with van der Waals surface area (Å²) in [7, 11) is 0. The standard InChI is InChI=1S/C24H32N2O6/c1-4-31-23(30)18-17-9-10-24(32-17)19(18)22(29)26(11-5-6-12-27)20(24)21(28)25-16-13-14(2)7-8-15(16)3/h7-8,13,17-20,27H,4-6,9-12H2,1-3H3,(H,25,28)/t17-,18+,19-,20?,24?/m0/s1. The van der Waals surface area contributed by atoms with E-state index in [0.29, 0.717) is 37.9 Å². The normalized spacial score (nSPS) is 30.5. The number of amides is 2. The maximum Gasteiger partial charge on any atom is 0.312 e. The fourth-order valence-electron chi connectivity index (χ4n) is 5.67. The summed E-state index contributed by atoms with van der Waals surface area (Å²) in [6.07, 6.45) is 1.85. The average molecular weight is 445 g/mol. The van der Waals surface area contributed by atoms with Gasteiger partial charge in [0.2, 0.25) is 11.8 Å². The number of esters is 1. The van der Waals surface area contributed by atoms with Crippen LogP contribution in [-0.4, -0.2) is 65.3 Å². The van der Waals surface area contributed by atoms with Crippen LogP contribution in [0.3, 0.4) is 0 Å². The number of benzene rings is 1. The number of anilines is 1. The Kier molecular flexibility index (Phi) is 6.27. The molecule has 3 heterocycles. The Morgan fingerprint density at radius 1 is 1.31 bits per heavy atom. The number of aryl methyl sites for hydroxylation is 2. The molecule has 2 N–H and O–H groups in total. The Morgan fingerprint density at radius 3 is 2.81 bits per heavy atom. The SMILES string of the molecule is CCOC(=O)[C@@H]1[C@@H]2CCC3(O2)C(C(=O)Nc2cc(C)ccc2C)N(CCCCO)C(=O)[C@H]13. The molecule has 8 heteroatoms. The third kappa shape index (κ3) is 3.59. The largest absolute Gasteiger partial charge is 0.466 e. The van der Waals surface area contributed by atoms with Gasteiger partial charge in [0.05, 0.1) is 24.5 Å². The van der Waals surface area contributed by atoms with Crippen LogP contribution in [0.1, 0.15) is 43.7 Å². The predicted octanol–water partition coefficient (Wildman–Crippen LogP) is 1.95. The fraction of sp³-hybridized carbons (Fsp3) is 0.625. The molecule has 3 aliphatic heterocycles. The summed E-state index contributed by atoms with van der Waals surface area (Å²) in [6, 6.07) is 5.00. The number of rotatable bonds is 8. The van der Waals surface area contributed by atoms with Crippen molar-refractivity contribution in [3.8, 4) is 0 Å². The molecule has 0 saturated carbocycles. The lowest BCUT2D eigenvalue weighted by Gasteiger charge is -2.33. The molecule has 1 aromatic rings. The van der Waals surface area contributed by atoms with E-state index in [2.05, 4.69) is 5.32 Å². The van der Waals surface area contributed by atoms with Gasteiger partial charge in [-0.3, -0.25) is 14.4 Å². The van der Waals surface area contributed by atoms with Crippen LogP contribution < -0.4 is 5.32 Å². The van der Waals surface area contributed by atoms with Crippen molar-refractivity contribution in [3.05, 3.63) is 29.3 Å². The molecule has 2 bridgehead atoms. The van der Waals surface area contributed by atoms with Crippen molar-refractivity contribution in [2.45, 2.75) is 64.2 Å². The molecule has 1 spiro atoms. The molecule has 2 amide bonds. The van der Waals surface area contributed by atoms with E-state index in [1.165, 1.54) is 0 Å². The number of hydrogen-bond donors (Lipinski definition) is 2. The highest BCUT2D eigenvalue weighted by atomic mass is 16.6. The van der Waals surface area contributed by atoms with Crippen LogP contribution in [0.4, 0.5) is 5.69 Å². The van der Waals surface area contributed by atoms with Gasteiger partial charge in [0.15, 0.2) is 0 Å². The molecule has 0 radical (unpaired) electrons. The van der Waals surface area contributed by atoms with E-state index in [1.54, 1.807) is 11.8 Å². The monoisotopic (exact) mass is 444 g/mol. The number of fused-ring (bicyclic) bond motifs is 1. The van der Waals surface area contributed by atoms with E-state index in [4.69, 9.17) is 9.47 Å². The lowest BCUT2D eigenvalue weighted by molar-refractivity contribution is -0.154. The van der Waals surface area contributed by atoms with Crippen LogP contribution in [0.25, 0.3) is 0 Å². The van der Waals surface area contributed by atoms with E-state index >= 15 is 0 Å². The third-order valence-electron chi connectivity index (χ3n) is 7.07. The van der Waals surface area contributed by atoms with Crippen LogP contribution in [0.15, 0.2) is 18.2 Å². The number of aliphatic hydroxyl groups excluding tert-OH is 1. The summed E-state index contributed by atoms with van der Waals surface area (Å²) in [5.41, 5.74) is 1.62. The Balaban J connectivity index is 1.68. The number of unbranched alkanes of at least 4 members (excludes halogenated alkanes) is 1. The third-order valence-corrected chi connectivity index (χ3v) is 7.07. The Morgan fingerprint density at radius 2 is 2.09 bits per heavy atom. The topological polar surface area (TPSA) is 105 Å². The van der Waals surface area contributed by atoms with E-state index < -0.39 is 35.6 Å². The number of carbonyl (C=O) groups excluding carboxylic acids is 3. The molecule has 8 nitrogen and oxygen atoms in total. The second-order valence-electron chi connectivity index (χ2n) is 9.08. The van der Waals surface area contributed by atoms with Crippen LogP contribution >= 0.6 is 0 Å². The van der Waals surface area contributed by atoms with E-state index in [-0.39, 0.29) is 25.0 Å². The summed E-state index contributed by atoms with van der Waals surface area (Å²) in [6.45, 7) is 6.18. The molecule has 3 saturated heterocycles. The first-order chi connectivity index (χ1) is 15.3. The Hall–Kier alpha value is -2.45. The molecule has 3 aliphatic rings. The summed E-state index contributed by atoms with van der Waals surface area (Å²) < 4.78 is 11.6. The van der Waals surface area contributed by atoms with Gasteiger partial charge < -0.3 is 24.8 Å². The first-order valence-electron chi connectivity index (χ1n) is 11.5. The van der Waals surface area contributed by atoms with E-state index in [9.17, 15) is 19.5 Å². The van der Waals surface area contributed by atoms with Crippen LogP contribution in [0, 0.1) is 25.7 Å². The van der Waals surface area contributed by atoms with Gasteiger partial charge in [-0.25, -0.2) is 0 Å². The maximum absolute atomic E-state index is 13.6. The molecule has 1 aromatic carbocycles. The second-order valence-corrected chi connectivity index (χ2v) is 9.08. The summed E-state index contributed by atoms with van der Waals surface area (Å²) in [5.74, 6) is -2.37. The predicted molar refractivity (Wildman–Crippen MR) is 117 cm³/mol. The number of nitrogens with one attached hydrogen (secondary N) is 1. The number of carbonyl (C=O) groups is 3. The quantitative estimate of drug-likeness (QED) is 0.469. The fourth-order valence-corrected chi connectivity index (χ4v) is 5.67. The second kappa shape index (κ2) is 8.83. The van der Waals surface area contributed by atoms with Gasteiger partial charge in [0.25, 0.3) is 0 Å². The first-order valence-corrected chi connectivity index (χ1v) is 11.5. The lowest BCUT2D eigenvalue weighted by atomic mass is 9.70. The summed E-state index contributed by atoms with van der Waals surface area (Å²) >= 11 is 0. The molecule has 174 valence electrons. The van der Waals surface area contributed by atoms with Crippen molar-refractivity contribution in [1.82, 2.24) is 4.90 Å². The molecular weight excluding hydrogens is 412 g/mol. The molecule has 3 fully saturated rings. The highest BCUT2D eigenvalue weighted by Crippen LogP contribution is 2.58. The van der Waals surface area contributed by atoms with Gasteiger partial charge >= 0.3 is 5.97 Å². The van der Waals surface area contributed by atoms with E-state index in [1.807, 2.05) is 32.0 Å². The minimum Gasteiger partial charge on any atom is -0.466 e. The van der Waals surface area contributed by atoms with Crippen LogP contribution in [-0.2, 0) is 23.9 Å². The number of ether oxygens (including phenoxy) is 2. The van der Waals surface area contributed by atoms with Gasteiger partial charge in [-0.05, 0) is 63.6 Å². The molecule has 0 aromatic heterocycles. The number of nitrogens with zero attached hydrogens (tertiary/aromatic N) is 1. The summed E-state index contributed by atoms with van der Waals surface area (Å²) in [5, 5.41) is 12.2. The first kappa shape index (κ1) is 22.7. The van der Waals surface area contributed by atoms with Crippen LogP contribution in [0.5, 0.6) is 0 Å². The molecule has 0 aliphatic carbocycles. The van der Waals surface area contributed by atoms with Crippen LogP contribution in [0.2, 0.25) is 0 Å². The van der Waals surface area contributed by atoms with Crippen molar-refractivity contribution >= 4 is 23.5 Å². The molecule has 4 rings (SSSR count).